The molecule has 1 heterocycles. The number of nitrogens with one attached hydrogen (secondary N) is 1. The fraction of sp³-hybridized carbons (Fsp3) is 0.143. The number of benzene rings is 1. The second-order valence-corrected chi connectivity index (χ2v) is 5.84. The molecular formula is C14H12Br2N2O. The SMILES string of the molecule is C[C@H](NC(=O)c1ccnc(Br)c1)c1ccc(Br)cc1. The predicted molar refractivity (Wildman–Crippen MR) is 82.0 cm³/mol. The topological polar surface area (TPSA) is 42.0 Å². The fourth-order valence-corrected chi connectivity index (χ4v) is 2.29. The smallest absolute Gasteiger partial charge is 0.251 e. The molecule has 98 valence electrons. The van der Waals surface area contributed by atoms with Crippen molar-refractivity contribution in [2.24, 2.45) is 0 Å². The van der Waals surface area contributed by atoms with Crippen LogP contribution in [-0.2, 0) is 0 Å². The Morgan fingerprint density at radius 2 is 1.89 bits per heavy atom. The van der Waals surface area contributed by atoms with E-state index in [0.29, 0.717) is 10.2 Å². The molecule has 0 radical (unpaired) electrons. The molecule has 5 heteroatoms. The first-order chi connectivity index (χ1) is 9.06. The van der Waals surface area contributed by atoms with Crippen LogP contribution in [0.1, 0.15) is 28.9 Å². The third-order valence-corrected chi connectivity index (χ3v) is 3.67. The Balaban J connectivity index is 2.08. The van der Waals surface area contributed by atoms with Crippen molar-refractivity contribution in [1.29, 1.82) is 0 Å². The molecule has 0 spiro atoms. The molecule has 0 aliphatic rings. The lowest BCUT2D eigenvalue weighted by Crippen LogP contribution is -2.26. The van der Waals surface area contributed by atoms with E-state index in [1.165, 1.54) is 0 Å². The average molecular weight is 384 g/mol. The second-order valence-electron chi connectivity index (χ2n) is 4.11. The quantitative estimate of drug-likeness (QED) is 0.810. The summed E-state index contributed by atoms with van der Waals surface area (Å²) in [6, 6.07) is 11.2. The zero-order chi connectivity index (χ0) is 13.8. The summed E-state index contributed by atoms with van der Waals surface area (Å²) in [7, 11) is 0. The van der Waals surface area contributed by atoms with Crippen molar-refractivity contribution in [2.75, 3.05) is 0 Å². The van der Waals surface area contributed by atoms with Gasteiger partial charge in [-0.1, -0.05) is 28.1 Å². The molecule has 0 saturated carbocycles. The second kappa shape index (κ2) is 6.30. The minimum absolute atomic E-state index is 0.0486. The summed E-state index contributed by atoms with van der Waals surface area (Å²) in [5.41, 5.74) is 1.65. The van der Waals surface area contributed by atoms with E-state index in [-0.39, 0.29) is 11.9 Å². The number of amides is 1. The largest absolute Gasteiger partial charge is 0.346 e. The molecule has 1 atom stereocenters. The molecule has 3 nitrogen and oxygen atoms in total. The van der Waals surface area contributed by atoms with Crippen LogP contribution >= 0.6 is 31.9 Å². The van der Waals surface area contributed by atoms with Gasteiger partial charge in [0.25, 0.3) is 5.91 Å². The van der Waals surface area contributed by atoms with Crippen LogP contribution < -0.4 is 5.32 Å². The monoisotopic (exact) mass is 382 g/mol. The number of rotatable bonds is 3. The highest BCUT2D eigenvalue weighted by Crippen LogP contribution is 2.17. The molecule has 1 aromatic heterocycles. The van der Waals surface area contributed by atoms with Crippen LogP contribution in [0.3, 0.4) is 0 Å². The first-order valence-electron chi connectivity index (χ1n) is 5.74. The van der Waals surface area contributed by atoms with Gasteiger partial charge in [0.2, 0.25) is 0 Å². The third kappa shape index (κ3) is 3.88. The van der Waals surface area contributed by atoms with E-state index in [1.807, 2.05) is 31.2 Å². The molecule has 0 fully saturated rings. The van der Waals surface area contributed by atoms with Gasteiger partial charge in [0.1, 0.15) is 4.60 Å². The molecule has 1 N–H and O–H groups in total. The number of halogens is 2. The standard InChI is InChI=1S/C14H12Br2N2O/c1-9(10-2-4-12(15)5-3-10)18-14(19)11-6-7-17-13(16)8-11/h2-9H,1H3,(H,18,19)/t9-/m0/s1. The summed E-state index contributed by atoms with van der Waals surface area (Å²) < 4.78 is 1.67. The number of aromatic nitrogens is 1. The van der Waals surface area contributed by atoms with E-state index in [0.717, 1.165) is 10.0 Å². The maximum Gasteiger partial charge on any atom is 0.251 e. The summed E-state index contributed by atoms with van der Waals surface area (Å²) >= 11 is 6.64. The number of carbonyl (C=O) groups excluding carboxylic acids is 1. The fourth-order valence-electron chi connectivity index (χ4n) is 1.66. The maximum absolute atomic E-state index is 12.1. The minimum atomic E-state index is -0.112. The zero-order valence-corrected chi connectivity index (χ0v) is 13.4. The Morgan fingerprint density at radius 1 is 1.21 bits per heavy atom. The molecule has 19 heavy (non-hydrogen) atoms. The van der Waals surface area contributed by atoms with Crippen molar-refractivity contribution in [3.63, 3.8) is 0 Å². The van der Waals surface area contributed by atoms with Gasteiger partial charge >= 0.3 is 0 Å². The maximum atomic E-state index is 12.1. The van der Waals surface area contributed by atoms with Gasteiger partial charge in [-0.3, -0.25) is 4.79 Å². The van der Waals surface area contributed by atoms with Gasteiger partial charge in [0, 0.05) is 16.2 Å². The lowest BCUT2D eigenvalue weighted by Gasteiger charge is -2.14. The van der Waals surface area contributed by atoms with E-state index in [1.54, 1.807) is 18.3 Å². The summed E-state index contributed by atoms with van der Waals surface area (Å²) in [4.78, 5) is 16.1. The minimum Gasteiger partial charge on any atom is -0.346 e. The molecular weight excluding hydrogens is 372 g/mol. The van der Waals surface area contributed by atoms with E-state index in [9.17, 15) is 4.79 Å². The summed E-state index contributed by atoms with van der Waals surface area (Å²) in [5, 5.41) is 2.96. The summed E-state index contributed by atoms with van der Waals surface area (Å²) in [5.74, 6) is -0.112. The molecule has 1 aromatic carbocycles. The Hall–Kier alpha value is -1.20. The van der Waals surface area contributed by atoms with E-state index in [2.05, 4.69) is 42.2 Å². The number of hydrogen-bond donors (Lipinski definition) is 1. The molecule has 0 bridgehead atoms. The van der Waals surface area contributed by atoms with Gasteiger partial charge in [-0.2, -0.15) is 0 Å². The van der Waals surface area contributed by atoms with Gasteiger partial charge in [0.05, 0.1) is 6.04 Å². The van der Waals surface area contributed by atoms with Gasteiger partial charge in [0.15, 0.2) is 0 Å². The Morgan fingerprint density at radius 3 is 2.53 bits per heavy atom. The Bertz CT molecular complexity index is 584. The van der Waals surface area contributed by atoms with E-state index < -0.39 is 0 Å². The van der Waals surface area contributed by atoms with E-state index >= 15 is 0 Å². The van der Waals surface area contributed by atoms with Crippen LogP contribution in [0.15, 0.2) is 51.7 Å². The highest BCUT2D eigenvalue weighted by Gasteiger charge is 2.11. The van der Waals surface area contributed by atoms with Crippen molar-refractivity contribution >= 4 is 37.8 Å². The van der Waals surface area contributed by atoms with Crippen molar-refractivity contribution in [2.45, 2.75) is 13.0 Å². The predicted octanol–water partition coefficient (Wildman–Crippen LogP) is 4.10. The van der Waals surface area contributed by atoms with Gasteiger partial charge in [-0.15, -0.1) is 0 Å². The molecule has 2 rings (SSSR count). The highest BCUT2D eigenvalue weighted by molar-refractivity contribution is 9.10. The molecule has 2 aromatic rings. The molecule has 0 aliphatic carbocycles. The highest BCUT2D eigenvalue weighted by atomic mass is 79.9. The lowest BCUT2D eigenvalue weighted by atomic mass is 10.1. The number of carbonyl (C=O) groups is 1. The Labute approximate surface area is 128 Å². The first kappa shape index (κ1) is 14.2. The number of hydrogen-bond acceptors (Lipinski definition) is 2. The van der Waals surface area contributed by atoms with Crippen LogP contribution in [0.4, 0.5) is 0 Å². The normalized spacial score (nSPS) is 11.9. The summed E-state index contributed by atoms with van der Waals surface area (Å²) in [6.07, 6.45) is 1.60. The van der Waals surface area contributed by atoms with Crippen molar-refractivity contribution < 1.29 is 4.79 Å². The zero-order valence-electron chi connectivity index (χ0n) is 10.2. The van der Waals surface area contributed by atoms with Gasteiger partial charge < -0.3 is 5.32 Å². The van der Waals surface area contributed by atoms with Crippen LogP contribution in [-0.4, -0.2) is 10.9 Å². The van der Waals surface area contributed by atoms with E-state index in [4.69, 9.17) is 0 Å². The van der Waals surface area contributed by atoms with Crippen molar-refractivity contribution in [1.82, 2.24) is 10.3 Å². The Kier molecular flexibility index (Phi) is 4.71. The van der Waals surface area contributed by atoms with Crippen LogP contribution in [0.2, 0.25) is 0 Å². The van der Waals surface area contributed by atoms with Crippen LogP contribution in [0, 0.1) is 0 Å². The van der Waals surface area contributed by atoms with Crippen molar-refractivity contribution in [3.8, 4) is 0 Å². The molecule has 0 aliphatic heterocycles. The van der Waals surface area contributed by atoms with Crippen LogP contribution in [0.25, 0.3) is 0 Å². The third-order valence-electron chi connectivity index (χ3n) is 2.71. The first-order valence-corrected chi connectivity index (χ1v) is 7.33. The molecule has 0 unspecified atom stereocenters. The molecule has 1 amide bonds. The average Bonchev–Trinajstić information content (AvgIpc) is 2.39. The van der Waals surface area contributed by atoms with Gasteiger partial charge in [-0.25, -0.2) is 4.98 Å². The number of nitrogens with zero attached hydrogens (tertiary/aromatic N) is 1. The molecule has 0 saturated heterocycles. The van der Waals surface area contributed by atoms with Crippen LogP contribution in [0.5, 0.6) is 0 Å². The lowest BCUT2D eigenvalue weighted by molar-refractivity contribution is 0.0939. The van der Waals surface area contributed by atoms with Gasteiger partial charge in [-0.05, 0) is 52.7 Å². The summed E-state index contributed by atoms with van der Waals surface area (Å²) in [6.45, 7) is 1.96. The number of pyridine rings is 1. The van der Waals surface area contributed by atoms with Crippen molar-refractivity contribution in [3.05, 3.63) is 62.8 Å².